The number of halogens is 1. The van der Waals surface area contributed by atoms with E-state index in [1.807, 2.05) is 48.5 Å². The van der Waals surface area contributed by atoms with Crippen molar-refractivity contribution in [2.75, 3.05) is 11.4 Å². The average molecular weight is 352 g/mol. The number of benzene rings is 2. The average Bonchev–Trinajstić information content (AvgIpc) is 2.84. The van der Waals surface area contributed by atoms with E-state index in [9.17, 15) is 4.79 Å². The van der Waals surface area contributed by atoms with Crippen molar-refractivity contribution in [1.29, 1.82) is 0 Å². The summed E-state index contributed by atoms with van der Waals surface area (Å²) < 4.78 is 5.92. The van der Waals surface area contributed by atoms with Gasteiger partial charge in [0.05, 0.1) is 17.5 Å². The molecule has 0 aliphatic carbocycles. The van der Waals surface area contributed by atoms with Crippen molar-refractivity contribution in [2.24, 2.45) is 0 Å². The molecule has 4 heteroatoms. The highest BCUT2D eigenvalue weighted by atomic mass is 35.5. The van der Waals surface area contributed by atoms with Crippen molar-refractivity contribution in [3.63, 3.8) is 0 Å². The molecule has 2 aliphatic rings. The lowest BCUT2D eigenvalue weighted by molar-refractivity contribution is 0.0353. The largest absolute Gasteiger partial charge is 0.478 e. The molecule has 0 unspecified atom stereocenters. The van der Waals surface area contributed by atoms with Crippen LogP contribution in [0.4, 0.5) is 5.69 Å². The first kappa shape index (κ1) is 16.0. The Morgan fingerprint density at radius 2 is 2.00 bits per heavy atom. The van der Waals surface area contributed by atoms with E-state index in [0.717, 1.165) is 29.9 Å². The number of carbonyl (C=O) groups excluding carboxylic acids is 1. The predicted octanol–water partition coefficient (Wildman–Crippen LogP) is 5.08. The predicted molar refractivity (Wildman–Crippen MR) is 99.8 cm³/mol. The van der Waals surface area contributed by atoms with E-state index >= 15 is 0 Å². The normalized spacial score (nSPS) is 20.8. The molecule has 2 aromatic rings. The Morgan fingerprint density at radius 1 is 1.24 bits per heavy atom. The van der Waals surface area contributed by atoms with Crippen LogP contribution in [0.3, 0.4) is 0 Å². The summed E-state index contributed by atoms with van der Waals surface area (Å²) in [6, 6.07) is 14.9. The molecule has 2 aliphatic heterocycles. The number of ether oxygens (including phenoxy) is 1. The van der Waals surface area contributed by atoms with Gasteiger partial charge >= 0.3 is 0 Å². The highest BCUT2D eigenvalue weighted by molar-refractivity contribution is 6.30. The zero-order valence-electron chi connectivity index (χ0n) is 14.0. The van der Waals surface area contributed by atoms with Gasteiger partial charge in [0, 0.05) is 28.4 Å². The Balaban J connectivity index is 1.83. The standard InChI is InChI=1S/C21H18ClNO2/c1-3-11-23-14(2)21(17-12-16(22)9-10-19(17)23)18(13-25-21)20(24)15-7-5-4-6-8-15/h4-10,12-13H,2-3,11H2,1H3/t21-/m1/s1. The molecule has 0 saturated heterocycles. The Kier molecular flexibility index (Phi) is 3.69. The molecule has 0 fully saturated rings. The third-order valence-electron chi connectivity index (χ3n) is 4.82. The molecule has 126 valence electrons. The van der Waals surface area contributed by atoms with Crippen LogP contribution in [0.15, 0.2) is 72.6 Å². The topological polar surface area (TPSA) is 29.5 Å². The van der Waals surface area contributed by atoms with Gasteiger partial charge in [0.1, 0.15) is 0 Å². The summed E-state index contributed by atoms with van der Waals surface area (Å²) >= 11 is 6.24. The van der Waals surface area contributed by atoms with Crippen molar-refractivity contribution in [2.45, 2.75) is 18.9 Å². The number of anilines is 1. The summed E-state index contributed by atoms with van der Waals surface area (Å²) in [6.45, 7) is 7.19. The molecule has 2 aromatic carbocycles. The van der Waals surface area contributed by atoms with Crippen LogP contribution >= 0.6 is 11.6 Å². The monoisotopic (exact) mass is 351 g/mol. The number of Topliss-reactive ketones (excluding diaryl/α,β-unsaturated/α-hetero) is 1. The minimum atomic E-state index is -0.928. The van der Waals surface area contributed by atoms with Gasteiger partial charge in [-0.15, -0.1) is 0 Å². The Morgan fingerprint density at radius 3 is 2.64 bits per heavy atom. The number of carbonyl (C=O) groups is 1. The molecule has 0 bridgehead atoms. The molecule has 4 rings (SSSR count). The van der Waals surface area contributed by atoms with Gasteiger partial charge in [0.2, 0.25) is 5.60 Å². The number of hydrogen-bond acceptors (Lipinski definition) is 3. The zero-order valence-corrected chi connectivity index (χ0v) is 14.7. The lowest BCUT2D eigenvalue weighted by atomic mass is 9.79. The van der Waals surface area contributed by atoms with Crippen molar-refractivity contribution in [3.05, 3.63) is 88.8 Å². The van der Waals surface area contributed by atoms with Gasteiger partial charge in [-0.05, 0) is 24.6 Å². The van der Waals surface area contributed by atoms with E-state index in [-0.39, 0.29) is 5.78 Å². The van der Waals surface area contributed by atoms with Crippen molar-refractivity contribution in [3.8, 4) is 0 Å². The second-order valence-corrected chi connectivity index (χ2v) is 6.72. The molecule has 2 heterocycles. The molecular weight excluding hydrogens is 334 g/mol. The quantitative estimate of drug-likeness (QED) is 0.720. The molecule has 0 amide bonds. The Labute approximate surface area is 152 Å². The lowest BCUT2D eigenvalue weighted by Crippen LogP contribution is -2.42. The summed E-state index contributed by atoms with van der Waals surface area (Å²) in [5.41, 5.74) is 2.98. The van der Waals surface area contributed by atoms with Crippen LogP contribution in [0.25, 0.3) is 0 Å². The minimum Gasteiger partial charge on any atom is -0.478 e. The van der Waals surface area contributed by atoms with Crippen molar-refractivity contribution in [1.82, 2.24) is 0 Å². The maximum Gasteiger partial charge on any atom is 0.206 e. The Bertz CT molecular complexity index is 903. The number of ketones is 1. The highest BCUT2D eigenvalue weighted by Crippen LogP contribution is 2.57. The number of rotatable bonds is 4. The van der Waals surface area contributed by atoms with Gasteiger partial charge in [-0.1, -0.05) is 55.4 Å². The summed E-state index contributed by atoms with van der Waals surface area (Å²) in [4.78, 5) is 15.2. The smallest absolute Gasteiger partial charge is 0.206 e. The van der Waals surface area contributed by atoms with Gasteiger partial charge in [-0.3, -0.25) is 4.79 Å². The third-order valence-corrected chi connectivity index (χ3v) is 5.06. The first-order valence-corrected chi connectivity index (χ1v) is 8.72. The maximum atomic E-state index is 13.1. The van der Waals surface area contributed by atoms with E-state index in [4.69, 9.17) is 16.3 Å². The van der Waals surface area contributed by atoms with Crippen LogP contribution in [0, 0.1) is 0 Å². The molecule has 1 spiro atoms. The molecule has 0 N–H and O–H groups in total. The first-order chi connectivity index (χ1) is 12.1. The molecular formula is C21H18ClNO2. The van der Waals surface area contributed by atoms with Crippen LogP contribution in [-0.4, -0.2) is 12.3 Å². The lowest BCUT2D eigenvalue weighted by Gasteiger charge is -2.40. The van der Waals surface area contributed by atoms with Gasteiger partial charge in [0.25, 0.3) is 0 Å². The van der Waals surface area contributed by atoms with Gasteiger partial charge < -0.3 is 9.64 Å². The highest BCUT2D eigenvalue weighted by Gasteiger charge is 2.57. The van der Waals surface area contributed by atoms with Gasteiger partial charge in [0.15, 0.2) is 5.78 Å². The van der Waals surface area contributed by atoms with E-state index in [0.29, 0.717) is 16.2 Å². The van der Waals surface area contributed by atoms with E-state index in [2.05, 4.69) is 18.4 Å². The summed E-state index contributed by atoms with van der Waals surface area (Å²) in [5.74, 6) is -0.0442. The molecule has 0 aromatic heterocycles. The molecule has 25 heavy (non-hydrogen) atoms. The first-order valence-electron chi connectivity index (χ1n) is 8.34. The summed E-state index contributed by atoms with van der Waals surface area (Å²) in [7, 11) is 0. The van der Waals surface area contributed by atoms with Crippen LogP contribution in [0.1, 0.15) is 29.3 Å². The van der Waals surface area contributed by atoms with Crippen molar-refractivity contribution >= 4 is 23.1 Å². The summed E-state index contributed by atoms with van der Waals surface area (Å²) in [6.07, 6.45) is 2.50. The molecule has 0 saturated carbocycles. The summed E-state index contributed by atoms with van der Waals surface area (Å²) in [5, 5.41) is 0.617. The maximum absolute atomic E-state index is 13.1. The van der Waals surface area contributed by atoms with E-state index in [1.165, 1.54) is 0 Å². The van der Waals surface area contributed by atoms with E-state index < -0.39 is 5.60 Å². The van der Waals surface area contributed by atoms with Gasteiger partial charge in [-0.2, -0.15) is 0 Å². The van der Waals surface area contributed by atoms with E-state index in [1.54, 1.807) is 6.26 Å². The van der Waals surface area contributed by atoms with Crippen molar-refractivity contribution < 1.29 is 9.53 Å². The number of hydrogen-bond donors (Lipinski definition) is 0. The zero-order chi connectivity index (χ0) is 17.6. The SMILES string of the molecule is C=C1N(CCC)c2ccc(Cl)cc2[C@]12OC=C2C(=O)c1ccccc1. The second kappa shape index (κ2) is 5.78. The molecule has 1 atom stereocenters. The van der Waals surface area contributed by atoms with Gasteiger partial charge in [-0.25, -0.2) is 0 Å². The van der Waals surface area contributed by atoms with Crippen LogP contribution in [0.5, 0.6) is 0 Å². The Hall–Kier alpha value is -2.52. The second-order valence-electron chi connectivity index (χ2n) is 6.29. The molecule has 0 radical (unpaired) electrons. The van der Waals surface area contributed by atoms with Crippen LogP contribution in [0.2, 0.25) is 5.02 Å². The fourth-order valence-electron chi connectivity index (χ4n) is 3.62. The fourth-order valence-corrected chi connectivity index (χ4v) is 3.79. The van der Waals surface area contributed by atoms with Crippen LogP contribution < -0.4 is 4.90 Å². The fraction of sp³-hybridized carbons (Fsp3) is 0.190. The number of fused-ring (bicyclic) bond motifs is 2. The number of nitrogens with zero attached hydrogens (tertiary/aromatic N) is 1. The third kappa shape index (κ3) is 2.16. The minimum absolute atomic E-state index is 0.0442. The van der Waals surface area contributed by atoms with Crippen LogP contribution in [-0.2, 0) is 10.3 Å². The molecule has 3 nitrogen and oxygen atoms in total.